The largest absolute Gasteiger partial charge is 0.484 e. The van der Waals surface area contributed by atoms with Crippen LogP contribution < -0.4 is 10.1 Å². The molecule has 0 aliphatic rings. The Morgan fingerprint density at radius 3 is 2.62 bits per heavy atom. The van der Waals surface area contributed by atoms with E-state index in [-0.39, 0.29) is 12.5 Å². The first-order valence-electron chi connectivity index (χ1n) is 6.76. The number of hydrogen-bond acceptors (Lipinski definition) is 3. The fourth-order valence-electron chi connectivity index (χ4n) is 1.82. The Labute approximate surface area is 129 Å². The summed E-state index contributed by atoms with van der Waals surface area (Å²) < 4.78 is 5.38. The molecular formula is C15H20ClNO4. The molecule has 1 aromatic rings. The normalized spacial score (nSPS) is 13.3. The number of carboxylic acids is 1. The molecule has 0 saturated heterocycles. The second-order valence-electron chi connectivity index (χ2n) is 4.97. The minimum atomic E-state index is -1.04. The van der Waals surface area contributed by atoms with Gasteiger partial charge in [-0.1, -0.05) is 31.9 Å². The lowest BCUT2D eigenvalue weighted by Gasteiger charge is -2.20. The van der Waals surface area contributed by atoms with Gasteiger partial charge in [0.2, 0.25) is 0 Å². The molecule has 1 rings (SSSR count). The van der Waals surface area contributed by atoms with Crippen LogP contribution in [0.1, 0.15) is 25.8 Å². The third-order valence-electron chi connectivity index (χ3n) is 3.29. The number of aliphatic carboxylic acids is 1. The zero-order valence-corrected chi connectivity index (χ0v) is 13.1. The molecule has 116 valence electrons. The van der Waals surface area contributed by atoms with Crippen LogP contribution in [-0.2, 0) is 9.59 Å². The molecule has 0 aromatic heterocycles. The summed E-state index contributed by atoms with van der Waals surface area (Å²) in [5, 5.41) is 12.2. The van der Waals surface area contributed by atoms with Crippen molar-refractivity contribution in [3.05, 3.63) is 28.8 Å². The van der Waals surface area contributed by atoms with Crippen molar-refractivity contribution >= 4 is 23.5 Å². The van der Waals surface area contributed by atoms with Crippen LogP contribution in [0.5, 0.6) is 5.75 Å². The highest BCUT2D eigenvalue weighted by molar-refractivity contribution is 6.30. The van der Waals surface area contributed by atoms with Gasteiger partial charge in [0.05, 0.1) is 0 Å². The number of rotatable bonds is 7. The van der Waals surface area contributed by atoms with Crippen LogP contribution in [0.4, 0.5) is 0 Å². The summed E-state index contributed by atoms with van der Waals surface area (Å²) >= 11 is 5.83. The van der Waals surface area contributed by atoms with E-state index in [0.717, 1.165) is 5.56 Å². The van der Waals surface area contributed by atoms with Gasteiger partial charge in [-0.2, -0.15) is 0 Å². The van der Waals surface area contributed by atoms with Gasteiger partial charge in [-0.25, -0.2) is 4.79 Å². The number of nitrogens with one attached hydrogen (secondary N) is 1. The van der Waals surface area contributed by atoms with E-state index in [1.165, 1.54) is 0 Å². The number of ether oxygens (including phenoxy) is 1. The number of carbonyl (C=O) groups is 2. The van der Waals surface area contributed by atoms with Gasteiger partial charge in [0.15, 0.2) is 6.61 Å². The minimum Gasteiger partial charge on any atom is -0.484 e. The molecule has 5 nitrogen and oxygen atoms in total. The summed E-state index contributed by atoms with van der Waals surface area (Å²) in [6.45, 7) is 5.24. The van der Waals surface area contributed by atoms with Gasteiger partial charge in [-0.15, -0.1) is 0 Å². The highest BCUT2D eigenvalue weighted by Crippen LogP contribution is 2.21. The van der Waals surface area contributed by atoms with Crippen molar-refractivity contribution in [2.45, 2.75) is 33.2 Å². The standard InChI is InChI=1S/C15H20ClNO4/c1-4-9(2)14(15(19)20)17-13(18)8-21-12-6-5-11(16)7-10(12)3/h5-7,9,14H,4,8H2,1-3H3,(H,17,18)(H,19,20)/t9?,14-/m0/s1. The lowest BCUT2D eigenvalue weighted by molar-refractivity contribution is -0.143. The third-order valence-corrected chi connectivity index (χ3v) is 3.53. The van der Waals surface area contributed by atoms with E-state index in [0.29, 0.717) is 17.2 Å². The van der Waals surface area contributed by atoms with Crippen molar-refractivity contribution in [3.63, 3.8) is 0 Å². The number of halogens is 1. The van der Waals surface area contributed by atoms with E-state index < -0.39 is 17.9 Å². The second-order valence-corrected chi connectivity index (χ2v) is 5.40. The lowest BCUT2D eigenvalue weighted by atomic mass is 9.99. The maximum Gasteiger partial charge on any atom is 0.326 e. The average Bonchev–Trinajstić information content (AvgIpc) is 2.42. The summed E-state index contributed by atoms with van der Waals surface area (Å²) in [6, 6.07) is 4.17. The van der Waals surface area contributed by atoms with Gasteiger partial charge in [0.25, 0.3) is 5.91 Å². The summed E-state index contributed by atoms with van der Waals surface area (Å²) in [7, 11) is 0. The van der Waals surface area contributed by atoms with Crippen molar-refractivity contribution < 1.29 is 19.4 Å². The molecule has 1 aromatic carbocycles. The van der Waals surface area contributed by atoms with E-state index in [2.05, 4.69) is 5.32 Å². The summed E-state index contributed by atoms with van der Waals surface area (Å²) in [5.74, 6) is -1.11. The van der Waals surface area contributed by atoms with E-state index in [4.69, 9.17) is 21.4 Å². The Morgan fingerprint density at radius 1 is 1.43 bits per heavy atom. The van der Waals surface area contributed by atoms with Crippen LogP contribution in [0.3, 0.4) is 0 Å². The summed E-state index contributed by atoms with van der Waals surface area (Å²) in [6.07, 6.45) is 0.661. The second kappa shape index (κ2) is 7.88. The zero-order chi connectivity index (χ0) is 16.0. The molecule has 0 saturated carbocycles. The highest BCUT2D eigenvalue weighted by Gasteiger charge is 2.25. The molecule has 0 aliphatic heterocycles. The molecular weight excluding hydrogens is 294 g/mol. The Morgan fingerprint density at radius 2 is 2.10 bits per heavy atom. The van der Waals surface area contributed by atoms with Crippen molar-refractivity contribution in [1.29, 1.82) is 0 Å². The van der Waals surface area contributed by atoms with Gasteiger partial charge >= 0.3 is 5.97 Å². The molecule has 0 bridgehead atoms. The molecule has 0 spiro atoms. The van der Waals surface area contributed by atoms with Crippen LogP contribution in [0.15, 0.2) is 18.2 Å². The smallest absolute Gasteiger partial charge is 0.326 e. The van der Waals surface area contributed by atoms with E-state index in [1.807, 2.05) is 13.8 Å². The molecule has 0 heterocycles. The molecule has 0 radical (unpaired) electrons. The van der Waals surface area contributed by atoms with Crippen LogP contribution >= 0.6 is 11.6 Å². The Bertz CT molecular complexity index is 518. The monoisotopic (exact) mass is 313 g/mol. The van der Waals surface area contributed by atoms with Crippen LogP contribution in [-0.4, -0.2) is 29.6 Å². The average molecular weight is 314 g/mol. The first kappa shape index (κ1) is 17.3. The van der Waals surface area contributed by atoms with Crippen LogP contribution in [0.2, 0.25) is 5.02 Å². The molecule has 21 heavy (non-hydrogen) atoms. The van der Waals surface area contributed by atoms with Gasteiger partial charge in [0.1, 0.15) is 11.8 Å². The predicted octanol–water partition coefficient (Wildman–Crippen LogP) is 2.64. The molecule has 1 amide bonds. The Kier molecular flexibility index (Phi) is 6.49. The molecule has 6 heteroatoms. The summed E-state index contributed by atoms with van der Waals surface area (Å²) in [4.78, 5) is 22.9. The van der Waals surface area contributed by atoms with Gasteiger partial charge in [0, 0.05) is 5.02 Å². The van der Waals surface area contributed by atoms with Gasteiger partial charge in [-0.3, -0.25) is 4.79 Å². The van der Waals surface area contributed by atoms with E-state index in [1.54, 1.807) is 25.1 Å². The van der Waals surface area contributed by atoms with Crippen LogP contribution in [0.25, 0.3) is 0 Å². The minimum absolute atomic E-state index is 0.149. The number of hydrogen-bond donors (Lipinski definition) is 2. The van der Waals surface area contributed by atoms with Crippen LogP contribution in [0, 0.1) is 12.8 Å². The topological polar surface area (TPSA) is 75.6 Å². The fraction of sp³-hybridized carbons (Fsp3) is 0.467. The van der Waals surface area contributed by atoms with Gasteiger partial charge < -0.3 is 15.2 Å². The number of aryl methyl sites for hydroxylation is 1. The molecule has 2 atom stereocenters. The molecule has 0 fully saturated rings. The first-order valence-corrected chi connectivity index (χ1v) is 7.14. The lowest BCUT2D eigenvalue weighted by Crippen LogP contribution is -2.46. The third kappa shape index (κ3) is 5.27. The quantitative estimate of drug-likeness (QED) is 0.811. The number of carbonyl (C=O) groups excluding carboxylic acids is 1. The number of benzene rings is 1. The maximum absolute atomic E-state index is 11.8. The highest BCUT2D eigenvalue weighted by atomic mass is 35.5. The van der Waals surface area contributed by atoms with Gasteiger partial charge in [-0.05, 0) is 36.6 Å². The number of carboxylic acid groups (broad SMARTS) is 1. The Balaban J connectivity index is 2.58. The van der Waals surface area contributed by atoms with Crippen molar-refractivity contribution in [3.8, 4) is 5.75 Å². The van der Waals surface area contributed by atoms with Crippen molar-refractivity contribution in [2.24, 2.45) is 5.92 Å². The first-order chi connectivity index (χ1) is 9.85. The fourth-order valence-corrected chi connectivity index (χ4v) is 2.04. The molecule has 0 aliphatic carbocycles. The maximum atomic E-state index is 11.8. The summed E-state index contributed by atoms with van der Waals surface area (Å²) in [5.41, 5.74) is 0.812. The SMILES string of the molecule is CCC(C)[C@H](NC(=O)COc1ccc(Cl)cc1C)C(=O)O. The van der Waals surface area contributed by atoms with Crippen molar-refractivity contribution in [2.75, 3.05) is 6.61 Å². The number of amides is 1. The Hall–Kier alpha value is -1.75. The molecule has 2 N–H and O–H groups in total. The molecule has 1 unspecified atom stereocenters. The van der Waals surface area contributed by atoms with E-state index >= 15 is 0 Å². The zero-order valence-electron chi connectivity index (χ0n) is 12.4. The predicted molar refractivity (Wildman–Crippen MR) is 80.7 cm³/mol. The van der Waals surface area contributed by atoms with Crippen molar-refractivity contribution in [1.82, 2.24) is 5.32 Å². The van der Waals surface area contributed by atoms with E-state index in [9.17, 15) is 9.59 Å².